The van der Waals surface area contributed by atoms with Crippen LogP contribution in [0.15, 0.2) is 42.7 Å². The van der Waals surface area contributed by atoms with Gasteiger partial charge in [0.2, 0.25) is 0 Å². The highest BCUT2D eigenvalue weighted by molar-refractivity contribution is 5.35. The van der Waals surface area contributed by atoms with Crippen LogP contribution in [0, 0.1) is 0 Å². The van der Waals surface area contributed by atoms with Gasteiger partial charge in [-0.25, -0.2) is 4.68 Å². The third-order valence-electron chi connectivity index (χ3n) is 4.18. The smallest absolute Gasteiger partial charge is 0.0648 e. The summed E-state index contributed by atoms with van der Waals surface area (Å²) in [6, 6.07) is 11.0. The first-order chi connectivity index (χ1) is 10.2. The highest BCUT2D eigenvalue weighted by Gasteiger charge is 2.25. The molecule has 2 aromatic rings. The summed E-state index contributed by atoms with van der Waals surface area (Å²) in [4.78, 5) is 2.49. The molecule has 1 aliphatic heterocycles. The van der Waals surface area contributed by atoms with Gasteiger partial charge in [-0.05, 0) is 56.5 Å². The summed E-state index contributed by atoms with van der Waals surface area (Å²) in [6.45, 7) is 3.96. The van der Waals surface area contributed by atoms with Crippen molar-refractivity contribution in [1.29, 1.82) is 0 Å². The van der Waals surface area contributed by atoms with E-state index in [1.165, 1.54) is 18.4 Å². The predicted octanol–water partition coefficient (Wildman–Crippen LogP) is 2.61. The molecular formula is C17H23N3O. The van der Waals surface area contributed by atoms with Crippen LogP contribution in [0.25, 0.3) is 5.69 Å². The predicted molar refractivity (Wildman–Crippen MR) is 83.3 cm³/mol. The second-order valence-electron chi connectivity index (χ2n) is 5.97. The minimum Gasteiger partial charge on any atom is -0.393 e. The first-order valence-electron chi connectivity index (χ1n) is 7.73. The van der Waals surface area contributed by atoms with E-state index in [1.807, 2.05) is 23.9 Å². The first-order valence-corrected chi connectivity index (χ1v) is 7.73. The summed E-state index contributed by atoms with van der Waals surface area (Å²) in [5, 5.41) is 13.9. The second-order valence-corrected chi connectivity index (χ2v) is 5.97. The van der Waals surface area contributed by atoms with Gasteiger partial charge in [-0.3, -0.25) is 4.90 Å². The van der Waals surface area contributed by atoms with Crippen molar-refractivity contribution < 1.29 is 5.11 Å². The zero-order chi connectivity index (χ0) is 14.7. The molecule has 0 amide bonds. The van der Waals surface area contributed by atoms with Gasteiger partial charge in [0.1, 0.15) is 0 Å². The van der Waals surface area contributed by atoms with Gasteiger partial charge in [-0.1, -0.05) is 12.1 Å². The molecule has 1 aromatic carbocycles. The number of rotatable bonds is 5. The SMILES string of the molecule is CC(O)CC1CCCN1Cc1cccc(-n2cccn2)c1. The van der Waals surface area contributed by atoms with E-state index in [9.17, 15) is 5.11 Å². The molecule has 0 aliphatic carbocycles. The summed E-state index contributed by atoms with van der Waals surface area (Å²) in [7, 11) is 0. The first kappa shape index (κ1) is 14.3. The van der Waals surface area contributed by atoms with Crippen LogP contribution < -0.4 is 0 Å². The fourth-order valence-corrected chi connectivity index (χ4v) is 3.22. The van der Waals surface area contributed by atoms with Crippen LogP contribution >= 0.6 is 0 Å². The Balaban J connectivity index is 1.71. The molecule has 0 radical (unpaired) electrons. The zero-order valence-corrected chi connectivity index (χ0v) is 12.5. The zero-order valence-electron chi connectivity index (χ0n) is 12.5. The van der Waals surface area contributed by atoms with Crippen LogP contribution in [-0.4, -0.2) is 38.5 Å². The largest absolute Gasteiger partial charge is 0.393 e. The second kappa shape index (κ2) is 6.41. The maximum atomic E-state index is 9.63. The Morgan fingerprint density at radius 1 is 1.38 bits per heavy atom. The number of hydrogen-bond acceptors (Lipinski definition) is 3. The molecule has 1 saturated heterocycles. The lowest BCUT2D eigenvalue weighted by Gasteiger charge is -2.25. The number of nitrogens with zero attached hydrogens (tertiary/aromatic N) is 3. The third kappa shape index (κ3) is 3.52. The molecule has 3 rings (SSSR count). The lowest BCUT2D eigenvalue weighted by atomic mass is 10.1. The highest BCUT2D eigenvalue weighted by Crippen LogP contribution is 2.24. The van der Waals surface area contributed by atoms with Gasteiger partial charge in [-0.15, -0.1) is 0 Å². The number of aliphatic hydroxyl groups is 1. The van der Waals surface area contributed by atoms with Gasteiger partial charge in [0.25, 0.3) is 0 Å². The minimum absolute atomic E-state index is 0.217. The van der Waals surface area contributed by atoms with Gasteiger partial charge >= 0.3 is 0 Å². The monoisotopic (exact) mass is 285 g/mol. The van der Waals surface area contributed by atoms with Crippen molar-refractivity contribution in [2.24, 2.45) is 0 Å². The number of hydrogen-bond donors (Lipinski definition) is 1. The van der Waals surface area contributed by atoms with Gasteiger partial charge in [0.15, 0.2) is 0 Å². The molecule has 0 bridgehead atoms. The summed E-state index contributed by atoms with van der Waals surface area (Å²) >= 11 is 0. The molecule has 21 heavy (non-hydrogen) atoms. The van der Waals surface area contributed by atoms with E-state index >= 15 is 0 Å². The summed E-state index contributed by atoms with van der Waals surface area (Å²) < 4.78 is 1.89. The van der Waals surface area contributed by atoms with Crippen LogP contribution in [0.2, 0.25) is 0 Å². The number of benzene rings is 1. The van der Waals surface area contributed by atoms with E-state index < -0.39 is 0 Å². The van der Waals surface area contributed by atoms with E-state index in [4.69, 9.17) is 0 Å². The average molecular weight is 285 g/mol. The lowest BCUT2D eigenvalue weighted by Crippen LogP contribution is -2.31. The van der Waals surface area contributed by atoms with E-state index in [2.05, 4.69) is 34.3 Å². The Bertz CT molecular complexity index is 565. The standard InChI is InChI=1S/C17H23N3O/c1-14(21)11-16-7-3-9-19(16)13-15-5-2-6-17(12-15)20-10-4-8-18-20/h2,4-6,8,10,12,14,16,21H,3,7,9,11,13H2,1H3. The number of aliphatic hydroxyl groups excluding tert-OH is 1. The summed E-state index contributed by atoms with van der Waals surface area (Å²) in [5.74, 6) is 0. The molecule has 1 aromatic heterocycles. The Hall–Kier alpha value is -1.65. The van der Waals surface area contributed by atoms with Crippen LogP contribution in [-0.2, 0) is 6.54 Å². The Morgan fingerprint density at radius 2 is 2.29 bits per heavy atom. The quantitative estimate of drug-likeness (QED) is 0.918. The highest BCUT2D eigenvalue weighted by atomic mass is 16.3. The molecule has 112 valence electrons. The molecule has 4 heteroatoms. The van der Waals surface area contributed by atoms with Crippen molar-refractivity contribution in [3.8, 4) is 5.69 Å². The van der Waals surface area contributed by atoms with Crippen molar-refractivity contribution in [1.82, 2.24) is 14.7 Å². The molecule has 2 atom stereocenters. The fourth-order valence-electron chi connectivity index (χ4n) is 3.22. The number of aromatic nitrogens is 2. The van der Waals surface area contributed by atoms with E-state index in [1.54, 1.807) is 6.20 Å². The van der Waals surface area contributed by atoms with Gasteiger partial charge in [0, 0.05) is 25.0 Å². The van der Waals surface area contributed by atoms with Crippen LogP contribution in [0.3, 0.4) is 0 Å². The molecule has 1 fully saturated rings. The molecule has 2 heterocycles. The molecule has 4 nitrogen and oxygen atoms in total. The normalized spacial score (nSPS) is 20.8. The number of likely N-dealkylation sites (tertiary alicyclic amines) is 1. The molecule has 1 aliphatic rings. The van der Waals surface area contributed by atoms with Crippen molar-refractivity contribution in [2.45, 2.75) is 44.9 Å². The van der Waals surface area contributed by atoms with E-state index in [0.717, 1.165) is 25.2 Å². The minimum atomic E-state index is -0.217. The molecular weight excluding hydrogens is 262 g/mol. The molecule has 0 spiro atoms. The van der Waals surface area contributed by atoms with Gasteiger partial charge in [-0.2, -0.15) is 5.10 Å². The van der Waals surface area contributed by atoms with Crippen LogP contribution in [0.5, 0.6) is 0 Å². The van der Waals surface area contributed by atoms with E-state index in [-0.39, 0.29) is 6.10 Å². The maximum absolute atomic E-state index is 9.63. The Labute approximate surface area is 126 Å². The summed E-state index contributed by atoms with van der Waals surface area (Å²) in [5.41, 5.74) is 2.41. The van der Waals surface area contributed by atoms with Crippen molar-refractivity contribution in [3.05, 3.63) is 48.3 Å². The van der Waals surface area contributed by atoms with Crippen LogP contribution in [0.1, 0.15) is 31.7 Å². The average Bonchev–Trinajstić information content (AvgIpc) is 3.11. The van der Waals surface area contributed by atoms with Crippen molar-refractivity contribution in [3.63, 3.8) is 0 Å². The summed E-state index contributed by atoms with van der Waals surface area (Å²) in [6.07, 6.45) is 6.85. The molecule has 0 saturated carbocycles. The molecule has 2 unspecified atom stereocenters. The Kier molecular flexibility index (Phi) is 4.36. The van der Waals surface area contributed by atoms with Gasteiger partial charge < -0.3 is 5.11 Å². The Morgan fingerprint density at radius 3 is 3.05 bits per heavy atom. The van der Waals surface area contributed by atoms with Crippen molar-refractivity contribution in [2.75, 3.05) is 6.54 Å². The molecule has 1 N–H and O–H groups in total. The lowest BCUT2D eigenvalue weighted by molar-refractivity contribution is 0.131. The van der Waals surface area contributed by atoms with Crippen LogP contribution in [0.4, 0.5) is 0 Å². The fraction of sp³-hybridized carbons (Fsp3) is 0.471. The topological polar surface area (TPSA) is 41.3 Å². The van der Waals surface area contributed by atoms with E-state index in [0.29, 0.717) is 6.04 Å². The third-order valence-corrected chi connectivity index (χ3v) is 4.18. The maximum Gasteiger partial charge on any atom is 0.0648 e. The van der Waals surface area contributed by atoms with Crippen molar-refractivity contribution >= 4 is 0 Å². The van der Waals surface area contributed by atoms with Gasteiger partial charge in [0.05, 0.1) is 11.8 Å².